The molecule has 0 N–H and O–H groups in total. The van der Waals surface area contributed by atoms with Crippen molar-refractivity contribution in [1.29, 1.82) is 0 Å². The van der Waals surface area contributed by atoms with Gasteiger partial charge >= 0.3 is 0 Å². The van der Waals surface area contributed by atoms with Crippen molar-refractivity contribution in [3.05, 3.63) is 235 Å². The van der Waals surface area contributed by atoms with Gasteiger partial charge in [-0.2, -0.15) is 0 Å². The molecule has 1 nitrogen and oxygen atoms in total. The van der Waals surface area contributed by atoms with Gasteiger partial charge in [0.15, 0.2) is 0 Å². The van der Waals surface area contributed by atoms with E-state index in [9.17, 15) is 0 Å². The molecule has 0 aliphatic heterocycles. The van der Waals surface area contributed by atoms with Gasteiger partial charge in [0, 0.05) is 27.8 Å². The van der Waals surface area contributed by atoms with Gasteiger partial charge in [-0.25, -0.2) is 0 Å². The third-order valence-corrected chi connectivity index (χ3v) is 16.7. The first kappa shape index (κ1) is 38.8. The molecule has 0 amide bonds. The van der Waals surface area contributed by atoms with E-state index in [-0.39, 0.29) is 10.8 Å². The first-order chi connectivity index (χ1) is 33.0. The Balaban J connectivity index is 0.930. The van der Waals surface area contributed by atoms with Crippen LogP contribution in [0.15, 0.2) is 212 Å². The molecule has 67 heavy (non-hydrogen) atoms. The fraction of sp³-hybridized carbons (Fsp3) is 0.152. The van der Waals surface area contributed by atoms with Gasteiger partial charge in [0.1, 0.15) is 0 Å². The summed E-state index contributed by atoms with van der Waals surface area (Å²) in [5.41, 5.74) is 22.4. The summed E-state index contributed by atoms with van der Waals surface area (Å²) < 4.78 is 0. The maximum absolute atomic E-state index is 2.60. The molecule has 2 saturated carbocycles. The molecule has 2 fully saturated rings. The van der Waals surface area contributed by atoms with Crippen LogP contribution in [0, 0.1) is 11.8 Å². The lowest BCUT2D eigenvalue weighted by Crippen LogP contribution is -2.32. The van der Waals surface area contributed by atoms with Crippen LogP contribution in [0.3, 0.4) is 0 Å². The van der Waals surface area contributed by atoms with E-state index in [1.54, 1.807) is 5.56 Å². The Bertz CT molecular complexity index is 3650. The number of nitrogens with zero attached hydrogens (tertiary/aromatic N) is 1. The molecule has 0 radical (unpaired) electrons. The molecule has 3 atom stereocenters. The van der Waals surface area contributed by atoms with Gasteiger partial charge in [-0.3, -0.25) is 0 Å². The minimum atomic E-state index is -0.111. The molecular formula is C66H51N. The second kappa shape index (κ2) is 14.5. The third-order valence-electron chi connectivity index (χ3n) is 16.7. The van der Waals surface area contributed by atoms with E-state index in [0.717, 1.165) is 11.6 Å². The normalized spacial score (nSPS) is 19.1. The second-order valence-corrected chi connectivity index (χ2v) is 20.4. The first-order valence-electron chi connectivity index (χ1n) is 24.4. The molecule has 0 heterocycles. The summed E-state index contributed by atoms with van der Waals surface area (Å²) in [4.78, 5) is 2.55. The number of para-hydroxylation sites is 1. The van der Waals surface area contributed by atoms with Crippen molar-refractivity contribution in [3.8, 4) is 55.6 Å². The van der Waals surface area contributed by atoms with Crippen LogP contribution < -0.4 is 4.90 Å². The summed E-state index contributed by atoms with van der Waals surface area (Å²) >= 11 is 0. The van der Waals surface area contributed by atoms with Gasteiger partial charge in [-0.05, 0) is 161 Å². The largest absolute Gasteiger partial charge is 0.310 e. The highest BCUT2D eigenvalue weighted by molar-refractivity contribution is 6.09. The molecule has 0 saturated heterocycles. The molecule has 2 bridgehead atoms. The first-order valence-corrected chi connectivity index (χ1v) is 24.4. The summed E-state index contributed by atoms with van der Waals surface area (Å²) in [5, 5.41) is 5.11. The molecule has 4 aliphatic rings. The average Bonchev–Trinajstić information content (AvgIpc) is 4.13. The minimum absolute atomic E-state index is 0.0816. The van der Waals surface area contributed by atoms with Crippen molar-refractivity contribution in [2.45, 2.75) is 50.4 Å². The second-order valence-electron chi connectivity index (χ2n) is 20.4. The molecular weight excluding hydrogens is 807 g/mol. The molecule has 1 spiro atoms. The van der Waals surface area contributed by atoms with Crippen molar-refractivity contribution >= 4 is 38.6 Å². The van der Waals surface area contributed by atoms with Crippen LogP contribution in [0.25, 0.3) is 77.2 Å². The number of benzene rings is 10. The van der Waals surface area contributed by atoms with E-state index >= 15 is 0 Å². The zero-order chi connectivity index (χ0) is 44.4. The third kappa shape index (κ3) is 5.61. The quantitative estimate of drug-likeness (QED) is 0.151. The van der Waals surface area contributed by atoms with Gasteiger partial charge < -0.3 is 4.90 Å². The van der Waals surface area contributed by atoms with E-state index in [2.05, 4.69) is 231 Å². The minimum Gasteiger partial charge on any atom is -0.310 e. The van der Waals surface area contributed by atoms with E-state index < -0.39 is 0 Å². The number of anilines is 3. The van der Waals surface area contributed by atoms with Gasteiger partial charge in [0.2, 0.25) is 0 Å². The maximum Gasteiger partial charge on any atom is 0.0540 e. The van der Waals surface area contributed by atoms with Gasteiger partial charge in [-0.15, -0.1) is 0 Å². The summed E-state index contributed by atoms with van der Waals surface area (Å²) in [7, 11) is 0. The SMILES string of the molecule is CC1(C)c2ccccc2-c2cccc(-c3ccccc3-c3ccc(N(c4ccc5c(c4)C4(CC6CCC4C6)c4ccccc4-5)c4ccccc4-c4ccc5c(ccc6ccccc65)c4)cc3)c21. The fourth-order valence-corrected chi connectivity index (χ4v) is 13.9. The van der Waals surface area contributed by atoms with Crippen molar-refractivity contribution < 1.29 is 0 Å². The molecule has 0 aromatic heterocycles. The molecule has 4 aliphatic carbocycles. The van der Waals surface area contributed by atoms with Gasteiger partial charge in [0.05, 0.1) is 5.69 Å². The van der Waals surface area contributed by atoms with Gasteiger partial charge in [0.25, 0.3) is 0 Å². The standard InChI is InChI=1S/C66H51N/c1-65(2)60-23-10-7-20-56(60)59-22-13-21-58(64(59)65)54-18-6-5-16-51(54)44-29-33-48(34-30-44)67(49-35-37-57-55-19-8-11-24-61(55)66(62(57)40-49)41-42-26-32-47(66)38-42)63-25-12-9-17-53(63)46-31-36-52-45(39-46)28-27-43-14-3-4-15-50(43)52/h3-25,27-31,33-37,39-40,42,47H,26,32,38,41H2,1-2H3. The molecule has 10 aromatic carbocycles. The van der Waals surface area contributed by atoms with Crippen LogP contribution in [-0.2, 0) is 10.8 Å². The van der Waals surface area contributed by atoms with Crippen molar-refractivity contribution in [2.75, 3.05) is 4.90 Å². The van der Waals surface area contributed by atoms with Gasteiger partial charge in [-0.1, -0.05) is 196 Å². The molecule has 14 rings (SSSR count). The number of fused-ring (bicyclic) bond motifs is 14. The highest BCUT2D eigenvalue weighted by atomic mass is 15.1. The van der Waals surface area contributed by atoms with Crippen LogP contribution in [-0.4, -0.2) is 0 Å². The Morgan fingerprint density at radius 3 is 1.79 bits per heavy atom. The predicted molar refractivity (Wildman–Crippen MR) is 282 cm³/mol. The Labute approximate surface area is 394 Å². The Hall–Kier alpha value is -7.48. The zero-order valence-corrected chi connectivity index (χ0v) is 38.1. The van der Waals surface area contributed by atoms with Crippen LogP contribution >= 0.6 is 0 Å². The lowest BCUT2D eigenvalue weighted by Gasteiger charge is -2.37. The maximum atomic E-state index is 2.60. The van der Waals surface area contributed by atoms with E-state index in [1.807, 2.05) is 0 Å². The van der Waals surface area contributed by atoms with E-state index in [4.69, 9.17) is 0 Å². The Kier molecular flexibility index (Phi) is 8.39. The monoisotopic (exact) mass is 857 g/mol. The van der Waals surface area contributed by atoms with Crippen LogP contribution in [0.5, 0.6) is 0 Å². The molecule has 1 heteroatoms. The summed E-state index contributed by atoms with van der Waals surface area (Å²) in [6.07, 6.45) is 5.31. The predicted octanol–water partition coefficient (Wildman–Crippen LogP) is 17.9. The smallest absolute Gasteiger partial charge is 0.0540 e. The van der Waals surface area contributed by atoms with Crippen LogP contribution in [0.1, 0.15) is 61.8 Å². The number of rotatable bonds is 6. The topological polar surface area (TPSA) is 3.24 Å². The van der Waals surface area contributed by atoms with E-state index in [0.29, 0.717) is 5.92 Å². The fourth-order valence-electron chi connectivity index (χ4n) is 13.9. The lowest BCUT2D eigenvalue weighted by atomic mass is 9.67. The van der Waals surface area contributed by atoms with Crippen molar-refractivity contribution in [3.63, 3.8) is 0 Å². The van der Waals surface area contributed by atoms with Crippen molar-refractivity contribution in [1.82, 2.24) is 0 Å². The highest BCUT2D eigenvalue weighted by Gasteiger charge is 2.56. The summed E-state index contributed by atoms with van der Waals surface area (Å²) in [5.74, 6) is 1.50. The molecule has 10 aromatic rings. The highest BCUT2D eigenvalue weighted by Crippen LogP contribution is 2.66. The lowest BCUT2D eigenvalue weighted by molar-refractivity contribution is 0.327. The average molecular weight is 858 g/mol. The number of hydrogen-bond acceptors (Lipinski definition) is 1. The Morgan fingerprint density at radius 2 is 1.00 bits per heavy atom. The molecule has 320 valence electrons. The molecule has 3 unspecified atom stereocenters. The van der Waals surface area contributed by atoms with Crippen LogP contribution in [0.2, 0.25) is 0 Å². The Morgan fingerprint density at radius 1 is 0.403 bits per heavy atom. The summed E-state index contributed by atoms with van der Waals surface area (Å²) in [6.45, 7) is 4.78. The van der Waals surface area contributed by atoms with E-state index in [1.165, 1.54) is 131 Å². The van der Waals surface area contributed by atoms with Crippen LogP contribution in [0.4, 0.5) is 17.1 Å². The number of hydrogen-bond donors (Lipinski definition) is 0. The summed E-state index contributed by atoms with van der Waals surface area (Å²) in [6, 6.07) is 80.5. The zero-order valence-electron chi connectivity index (χ0n) is 38.1. The van der Waals surface area contributed by atoms with Crippen molar-refractivity contribution in [2.24, 2.45) is 11.8 Å².